The van der Waals surface area contributed by atoms with E-state index in [1.54, 1.807) is 12.1 Å². The first-order valence-corrected chi connectivity index (χ1v) is 8.49. The van der Waals surface area contributed by atoms with Crippen LogP contribution in [0.4, 0.5) is 0 Å². The molecule has 2 rings (SSSR count). The average Bonchev–Trinajstić information content (AvgIpc) is 2.72. The van der Waals surface area contributed by atoms with Crippen molar-refractivity contribution in [2.24, 2.45) is 0 Å². The lowest BCUT2D eigenvalue weighted by Crippen LogP contribution is -2.41. The highest BCUT2D eigenvalue weighted by Crippen LogP contribution is 2.41. The zero-order valence-electron chi connectivity index (χ0n) is 15.1. The molecule has 1 aliphatic heterocycles. The fourth-order valence-corrected chi connectivity index (χ4v) is 2.58. The average molecular weight is 330 g/mol. The Balaban J connectivity index is 1.80. The van der Waals surface area contributed by atoms with Crippen molar-refractivity contribution in [2.45, 2.75) is 64.0 Å². The minimum absolute atomic E-state index is 0.0515. The Morgan fingerprint density at radius 1 is 1.21 bits per heavy atom. The number of hydrogen-bond donors (Lipinski definition) is 0. The van der Waals surface area contributed by atoms with Gasteiger partial charge in [0.1, 0.15) is 5.75 Å². The normalized spacial score (nSPS) is 19.8. The van der Waals surface area contributed by atoms with Crippen LogP contribution in [0.1, 0.15) is 47.0 Å². The summed E-state index contributed by atoms with van der Waals surface area (Å²) in [6, 6.07) is 9.11. The van der Waals surface area contributed by atoms with Crippen LogP contribution in [-0.4, -0.2) is 24.3 Å². The summed E-state index contributed by atoms with van der Waals surface area (Å²) in [6.45, 7) is 12.0. The molecule has 0 spiro atoms. The van der Waals surface area contributed by atoms with Crippen LogP contribution in [0, 0.1) is 0 Å². The van der Waals surface area contributed by atoms with E-state index >= 15 is 0 Å². The van der Waals surface area contributed by atoms with Crippen LogP contribution in [0.2, 0.25) is 5.82 Å². The largest absolute Gasteiger partial charge is 0.465 e. The minimum Gasteiger partial charge on any atom is -0.427 e. The smallest absolute Gasteiger partial charge is 0.427 e. The Labute approximate surface area is 145 Å². The van der Waals surface area contributed by atoms with Crippen molar-refractivity contribution in [1.29, 1.82) is 0 Å². The zero-order chi connectivity index (χ0) is 17.8. The Kier molecular flexibility index (Phi) is 5.89. The van der Waals surface area contributed by atoms with E-state index in [0.29, 0.717) is 18.6 Å². The Morgan fingerprint density at radius 3 is 2.33 bits per heavy atom. The maximum Gasteiger partial charge on any atom is 0.465 e. The third kappa shape index (κ3) is 4.49. The molecule has 0 bridgehead atoms. The summed E-state index contributed by atoms with van der Waals surface area (Å²) in [7, 11) is -0.322. The van der Waals surface area contributed by atoms with Gasteiger partial charge in [-0.3, -0.25) is 4.79 Å². The number of para-hydroxylation sites is 1. The summed E-state index contributed by atoms with van der Waals surface area (Å²) >= 11 is 0. The fourth-order valence-electron chi connectivity index (χ4n) is 2.58. The first-order chi connectivity index (χ1) is 11.2. The van der Waals surface area contributed by atoms with Crippen LogP contribution in [0.5, 0.6) is 5.75 Å². The first-order valence-electron chi connectivity index (χ1n) is 8.49. The lowest BCUT2D eigenvalue weighted by atomic mass is 9.69. The highest BCUT2D eigenvalue weighted by atomic mass is 16.7. The standard InChI is InChI=1S/C19H27BO4/c1-6-15(20-23-18(2,3)19(4,5)24-20)11-10-14-17(21)22-16-12-8-7-9-13-16/h6-9,12-13,15H,1,10-11,14H2,2-5H3/t15-/m1/s1. The Bertz CT molecular complexity index is 552. The van der Waals surface area contributed by atoms with E-state index < -0.39 is 0 Å². The predicted octanol–water partition coefficient (Wildman–Crippen LogP) is 4.41. The molecule has 0 N–H and O–H groups in total. The SMILES string of the molecule is C=C[C@H](CCCC(=O)Oc1ccccc1)B1OC(C)(C)C(C)(C)O1. The van der Waals surface area contributed by atoms with Gasteiger partial charge < -0.3 is 14.0 Å². The van der Waals surface area contributed by atoms with E-state index in [0.717, 1.165) is 6.42 Å². The summed E-state index contributed by atoms with van der Waals surface area (Å²) in [5.74, 6) is 0.405. The molecule has 0 radical (unpaired) electrons. The number of esters is 1. The van der Waals surface area contributed by atoms with Gasteiger partial charge in [0.15, 0.2) is 0 Å². The minimum atomic E-state index is -0.356. The van der Waals surface area contributed by atoms with Crippen molar-refractivity contribution in [1.82, 2.24) is 0 Å². The highest BCUT2D eigenvalue weighted by Gasteiger charge is 2.52. The lowest BCUT2D eigenvalue weighted by Gasteiger charge is -2.32. The van der Waals surface area contributed by atoms with Crippen LogP contribution in [0.25, 0.3) is 0 Å². The number of benzene rings is 1. The molecule has 4 nitrogen and oxygen atoms in total. The summed E-state index contributed by atoms with van der Waals surface area (Å²) in [5, 5.41) is 0. The van der Waals surface area contributed by atoms with Gasteiger partial charge in [0.25, 0.3) is 0 Å². The van der Waals surface area contributed by atoms with Gasteiger partial charge in [-0.15, -0.1) is 6.58 Å². The quantitative estimate of drug-likeness (QED) is 0.321. The maximum absolute atomic E-state index is 11.9. The zero-order valence-corrected chi connectivity index (χ0v) is 15.1. The third-order valence-corrected chi connectivity index (χ3v) is 4.82. The topological polar surface area (TPSA) is 44.8 Å². The van der Waals surface area contributed by atoms with Crippen molar-refractivity contribution in [3.8, 4) is 5.75 Å². The summed E-state index contributed by atoms with van der Waals surface area (Å²) in [4.78, 5) is 11.9. The predicted molar refractivity (Wildman–Crippen MR) is 96.0 cm³/mol. The van der Waals surface area contributed by atoms with Gasteiger partial charge in [0.05, 0.1) is 11.2 Å². The van der Waals surface area contributed by atoms with E-state index in [4.69, 9.17) is 14.0 Å². The number of carbonyl (C=O) groups is 1. The molecule has 0 unspecified atom stereocenters. The molecular formula is C19H27BO4. The van der Waals surface area contributed by atoms with Gasteiger partial charge in [-0.1, -0.05) is 24.3 Å². The molecule has 1 aromatic rings. The molecule has 0 aromatic heterocycles. The van der Waals surface area contributed by atoms with E-state index in [9.17, 15) is 4.79 Å². The monoisotopic (exact) mass is 330 g/mol. The molecule has 0 aliphatic carbocycles. The molecule has 1 aliphatic rings. The van der Waals surface area contributed by atoms with Gasteiger partial charge in [0, 0.05) is 12.2 Å². The van der Waals surface area contributed by atoms with Crippen LogP contribution >= 0.6 is 0 Å². The van der Waals surface area contributed by atoms with Crippen molar-refractivity contribution >= 4 is 13.1 Å². The first kappa shape index (κ1) is 18.7. The van der Waals surface area contributed by atoms with Crippen molar-refractivity contribution in [2.75, 3.05) is 0 Å². The summed E-state index contributed by atoms with van der Waals surface area (Å²) < 4.78 is 17.4. The molecule has 0 amide bonds. The number of hydrogen-bond acceptors (Lipinski definition) is 4. The van der Waals surface area contributed by atoms with Crippen molar-refractivity contribution in [3.05, 3.63) is 43.0 Å². The van der Waals surface area contributed by atoms with Gasteiger partial charge in [0.2, 0.25) is 0 Å². The summed E-state index contributed by atoms with van der Waals surface area (Å²) in [6.07, 6.45) is 3.68. The maximum atomic E-state index is 11.9. The second kappa shape index (κ2) is 7.54. The molecule has 1 aromatic carbocycles. The number of carbonyl (C=O) groups excluding carboxylic acids is 1. The molecule has 130 valence electrons. The van der Waals surface area contributed by atoms with Crippen LogP contribution in [0.3, 0.4) is 0 Å². The highest BCUT2D eigenvalue weighted by molar-refractivity contribution is 6.48. The summed E-state index contributed by atoms with van der Waals surface area (Å²) in [5.41, 5.74) is -0.712. The lowest BCUT2D eigenvalue weighted by molar-refractivity contribution is -0.134. The Hall–Kier alpha value is -1.59. The molecule has 24 heavy (non-hydrogen) atoms. The van der Waals surface area contributed by atoms with Crippen molar-refractivity contribution < 1.29 is 18.8 Å². The fraction of sp³-hybridized carbons (Fsp3) is 0.526. The molecule has 1 saturated heterocycles. The van der Waals surface area contributed by atoms with Crippen LogP contribution in [-0.2, 0) is 14.1 Å². The molecule has 5 heteroatoms. The molecular weight excluding hydrogens is 303 g/mol. The molecule has 1 heterocycles. The van der Waals surface area contributed by atoms with Gasteiger partial charge in [-0.05, 0) is 52.7 Å². The number of rotatable bonds is 7. The van der Waals surface area contributed by atoms with E-state index in [2.05, 4.69) is 6.58 Å². The Morgan fingerprint density at radius 2 is 1.79 bits per heavy atom. The molecule has 0 saturated carbocycles. The second-order valence-corrected chi connectivity index (χ2v) is 7.20. The molecule has 1 fully saturated rings. The number of ether oxygens (including phenoxy) is 1. The van der Waals surface area contributed by atoms with Gasteiger partial charge in [-0.25, -0.2) is 0 Å². The van der Waals surface area contributed by atoms with Crippen molar-refractivity contribution in [3.63, 3.8) is 0 Å². The number of allylic oxidation sites excluding steroid dienone is 1. The van der Waals surface area contributed by atoms with E-state index in [-0.39, 0.29) is 30.1 Å². The third-order valence-electron chi connectivity index (χ3n) is 4.82. The molecule has 1 atom stereocenters. The van der Waals surface area contributed by atoms with Gasteiger partial charge >= 0.3 is 13.1 Å². The van der Waals surface area contributed by atoms with Crippen LogP contribution < -0.4 is 4.74 Å². The van der Waals surface area contributed by atoms with E-state index in [1.807, 2.05) is 52.0 Å². The van der Waals surface area contributed by atoms with E-state index in [1.165, 1.54) is 0 Å². The van der Waals surface area contributed by atoms with Gasteiger partial charge in [-0.2, -0.15) is 0 Å². The van der Waals surface area contributed by atoms with Crippen LogP contribution in [0.15, 0.2) is 43.0 Å². The second-order valence-electron chi connectivity index (χ2n) is 7.20.